The number of rotatable bonds is 6. The molecule has 9 nitrogen and oxygen atoms in total. The molecule has 2 aromatic rings. The molecule has 0 aliphatic carbocycles. The molecule has 1 aliphatic rings. The average molecular weight is 447 g/mol. The molecule has 1 aromatic heterocycles. The van der Waals surface area contributed by atoms with Gasteiger partial charge < -0.3 is 20.3 Å². The van der Waals surface area contributed by atoms with Crippen LogP contribution in [0.3, 0.4) is 0 Å². The highest BCUT2D eigenvalue weighted by atomic mass is 32.2. The van der Waals surface area contributed by atoms with Crippen molar-refractivity contribution in [2.24, 2.45) is 0 Å². The summed E-state index contributed by atoms with van der Waals surface area (Å²) in [5.74, 6) is -0.237. The van der Waals surface area contributed by atoms with Gasteiger partial charge in [-0.15, -0.1) is 0 Å². The minimum Gasteiger partial charge on any atom is -0.388 e. The van der Waals surface area contributed by atoms with Gasteiger partial charge in [0.05, 0.1) is 36.0 Å². The number of aliphatic hydroxyl groups excluding tert-OH is 2. The monoisotopic (exact) mass is 447 g/mol. The third-order valence-electron chi connectivity index (χ3n) is 4.45. The maximum Gasteiger partial charge on any atom is 0.434 e. The first-order valence-electron chi connectivity index (χ1n) is 8.80. The van der Waals surface area contributed by atoms with E-state index in [2.05, 4.69) is 20.0 Å². The van der Waals surface area contributed by atoms with Crippen LogP contribution in [-0.4, -0.2) is 61.9 Å². The van der Waals surface area contributed by atoms with Crippen LogP contribution < -0.4 is 10.0 Å². The summed E-state index contributed by atoms with van der Waals surface area (Å²) in [6.45, 7) is -0.363. The van der Waals surface area contributed by atoms with Crippen molar-refractivity contribution in [2.45, 2.75) is 35.4 Å². The quantitative estimate of drug-likeness (QED) is 0.445. The van der Waals surface area contributed by atoms with E-state index < -0.39 is 46.1 Å². The summed E-state index contributed by atoms with van der Waals surface area (Å²) >= 11 is 0. The number of hydrogen-bond donors (Lipinski definition) is 5. The lowest BCUT2D eigenvalue weighted by atomic mass is 9.98. The molecule has 13 heteroatoms. The number of ether oxygens (including phenoxy) is 1. The molecule has 30 heavy (non-hydrogen) atoms. The molecule has 5 N–H and O–H groups in total. The van der Waals surface area contributed by atoms with Crippen molar-refractivity contribution in [1.82, 2.24) is 14.7 Å². The molecule has 1 unspecified atom stereocenters. The van der Waals surface area contributed by atoms with Crippen molar-refractivity contribution in [3.05, 3.63) is 48.4 Å². The van der Waals surface area contributed by atoms with E-state index in [1.807, 2.05) is 0 Å². The van der Waals surface area contributed by atoms with E-state index in [4.69, 9.17) is 9.52 Å². The predicted molar refractivity (Wildman–Crippen MR) is 99.8 cm³/mol. The van der Waals surface area contributed by atoms with Crippen molar-refractivity contribution in [3.8, 4) is 0 Å². The van der Waals surface area contributed by atoms with E-state index in [1.54, 1.807) is 18.2 Å². The fraction of sp³-hybridized carbons (Fsp3) is 0.412. The molecule has 3 rings (SSSR count). The van der Waals surface area contributed by atoms with Crippen molar-refractivity contribution in [2.75, 3.05) is 18.5 Å². The van der Waals surface area contributed by atoms with Crippen LogP contribution in [0.4, 0.5) is 19.0 Å². The molecule has 1 aliphatic heterocycles. The summed E-state index contributed by atoms with van der Waals surface area (Å²) in [6.07, 6.45) is -6.91. The fourth-order valence-electron chi connectivity index (χ4n) is 2.85. The largest absolute Gasteiger partial charge is 0.434 e. The molecular weight excluding hydrogens is 427 g/mol. The van der Waals surface area contributed by atoms with Gasteiger partial charge in [-0.1, -0.05) is 18.2 Å². The Morgan fingerprint density at radius 2 is 1.90 bits per heavy atom. The minimum atomic E-state index is -4.68. The number of benzene rings is 1. The summed E-state index contributed by atoms with van der Waals surface area (Å²) in [6, 6.07) is 7.06. The van der Waals surface area contributed by atoms with Crippen molar-refractivity contribution >= 4 is 15.7 Å². The Labute approximate surface area is 170 Å². The number of aliphatic hydroxyl groups is 2. The van der Waals surface area contributed by atoms with Gasteiger partial charge in [0, 0.05) is 6.54 Å². The number of nitrogens with zero attached hydrogens (tertiary/aromatic N) is 2. The average Bonchev–Trinajstić information content (AvgIpc) is 2.71. The fourth-order valence-corrected chi connectivity index (χ4v) is 3.95. The zero-order chi connectivity index (χ0) is 21.9. The first kappa shape index (κ1) is 22.4. The summed E-state index contributed by atoms with van der Waals surface area (Å²) in [7, 11) is -3.34. The van der Waals surface area contributed by atoms with Gasteiger partial charge in [0.2, 0.25) is 0 Å². The molecule has 0 bridgehead atoms. The molecule has 0 radical (unpaired) electrons. The second-order valence-corrected chi connectivity index (χ2v) is 8.48. The van der Waals surface area contributed by atoms with Crippen LogP contribution in [0.15, 0.2) is 47.6 Å². The Balaban J connectivity index is 1.61. The zero-order valence-electron chi connectivity index (χ0n) is 15.4. The zero-order valence-corrected chi connectivity index (χ0v) is 16.2. The molecule has 1 saturated heterocycles. The molecular formula is C17H20F3N5O4S. The van der Waals surface area contributed by atoms with Gasteiger partial charge in [0.1, 0.15) is 27.9 Å². The summed E-state index contributed by atoms with van der Waals surface area (Å²) in [4.78, 5) is 7.11. The van der Waals surface area contributed by atoms with E-state index >= 15 is 0 Å². The van der Waals surface area contributed by atoms with Gasteiger partial charge >= 0.3 is 6.18 Å². The predicted octanol–water partition coefficient (Wildman–Crippen LogP) is 1.01. The summed E-state index contributed by atoms with van der Waals surface area (Å²) in [5.41, 5.74) is -1.20. The van der Waals surface area contributed by atoms with Gasteiger partial charge in [-0.25, -0.2) is 18.7 Å². The maximum absolute atomic E-state index is 12.8. The van der Waals surface area contributed by atoms with Gasteiger partial charge in [0.25, 0.3) is 0 Å². The Morgan fingerprint density at radius 3 is 2.57 bits per heavy atom. The number of halogens is 3. The second-order valence-electron chi connectivity index (χ2n) is 6.61. The Bertz CT molecular complexity index is 961. The standard InChI is InChI=1S/C17H20F3N5O4S/c18-17(19,20)13-7-22-8-14(25-13)24-11-9-29-12(16(27)15(11)26)6-23-30(21,28)10-4-2-1-3-5-10/h1-5,7-8,11-12,15-16,26-27H,6,9H2,(H,24,25)(H2,21,23,28)/t11-,12+,15+,16-,30?/m0/s1. The number of nitrogens with one attached hydrogen (secondary N) is 3. The molecule has 164 valence electrons. The first-order valence-corrected chi connectivity index (χ1v) is 10.4. The second kappa shape index (κ2) is 8.81. The maximum atomic E-state index is 12.8. The SMILES string of the molecule is N=S(=O)(NC[C@H]1OC[C@H](Nc2cncc(C(F)(F)F)n2)[C@@H](O)[C@H]1O)c1ccccc1. The van der Waals surface area contributed by atoms with E-state index in [9.17, 15) is 27.6 Å². The Hall–Kier alpha value is -2.32. The number of alkyl halides is 3. The van der Waals surface area contributed by atoms with Crippen LogP contribution in [-0.2, 0) is 20.8 Å². The third-order valence-corrected chi connectivity index (χ3v) is 5.96. The van der Waals surface area contributed by atoms with Crippen LogP contribution >= 0.6 is 0 Å². The van der Waals surface area contributed by atoms with E-state index in [0.717, 1.165) is 6.20 Å². The Kier molecular flexibility index (Phi) is 6.57. The molecule has 0 spiro atoms. The van der Waals surface area contributed by atoms with Gasteiger partial charge in [-0.3, -0.25) is 4.98 Å². The van der Waals surface area contributed by atoms with Crippen molar-refractivity contribution < 1.29 is 32.3 Å². The van der Waals surface area contributed by atoms with Crippen molar-refractivity contribution in [1.29, 1.82) is 4.78 Å². The van der Waals surface area contributed by atoms with Crippen LogP contribution in [0.25, 0.3) is 0 Å². The van der Waals surface area contributed by atoms with E-state index in [0.29, 0.717) is 6.20 Å². The topological polar surface area (TPSA) is 140 Å². The minimum absolute atomic E-state index is 0.174. The van der Waals surface area contributed by atoms with Gasteiger partial charge in [0.15, 0.2) is 5.69 Å². The molecule has 0 amide bonds. The molecule has 1 fully saturated rings. The summed E-state index contributed by atoms with van der Waals surface area (Å²) < 4.78 is 66.7. The van der Waals surface area contributed by atoms with Crippen molar-refractivity contribution in [3.63, 3.8) is 0 Å². The van der Waals surface area contributed by atoms with Crippen LogP contribution in [0, 0.1) is 4.78 Å². The number of hydrogen-bond acceptors (Lipinski definition) is 8. The molecule has 1 aromatic carbocycles. The normalized spacial score (nSPS) is 26.7. The lowest BCUT2D eigenvalue weighted by molar-refractivity contribution is -0.141. The Morgan fingerprint density at radius 1 is 1.20 bits per heavy atom. The smallest absolute Gasteiger partial charge is 0.388 e. The highest BCUT2D eigenvalue weighted by Gasteiger charge is 2.39. The van der Waals surface area contributed by atoms with Crippen LogP contribution in [0.1, 0.15) is 5.69 Å². The number of anilines is 1. The lowest BCUT2D eigenvalue weighted by Crippen LogP contribution is -2.58. The molecule has 5 atom stereocenters. The van der Waals surface area contributed by atoms with E-state index in [1.165, 1.54) is 12.1 Å². The lowest BCUT2D eigenvalue weighted by Gasteiger charge is -2.38. The third kappa shape index (κ3) is 5.23. The molecule has 0 saturated carbocycles. The van der Waals surface area contributed by atoms with Gasteiger partial charge in [-0.05, 0) is 12.1 Å². The summed E-state index contributed by atoms with van der Waals surface area (Å²) in [5, 5.41) is 23.2. The van der Waals surface area contributed by atoms with E-state index in [-0.39, 0.29) is 23.9 Å². The first-order chi connectivity index (χ1) is 14.1. The highest BCUT2D eigenvalue weighted by Crippen LogP contribution is 2.28. The highest BCUT2D eigenvalue weighted by molar-refractivity contribution is 7.90. The van der Waals surface area contributed by atoms with Gasteiger partial charge in [-0.2, -0.15) is 13.2 Å². The van der Waals surface area contributed by atoms with Crippen LogP contribution in [0.2, 0.25) is 0 Å². The number of aromatic nitrogens is 2. The molecule has 2 heterocycles. The van der Waals surface area contributed by atoms with Crippen LogP contribution in [0.5, 0.6) is 0 Å².